The van der Waals surface area contributed by atoms with Crippen molar-refractivity contribution in [3.8, 4) is 0 Å². The third kappa shape index (κ3) is 2.35. The summed E-state index contributed by atoms with van der Waals surface area (Å²) in [5.74, 6) is 1.91. The second-order valence-corrected chi connectivity index (χ2v) is 5.10. The number of nitrogens with zero attached hydrogens (tertiary/aromatic N) is 2. The summed E-state index contributed by atoms with van der Waals surface area (Å²) in [7, 11) is 0. The number of hydrogen-bond donors (Lipinski definition) is 1. The molecule has 1 atom stereocenters. The quantitative estimate of drug-likeness (QED) is 0.850. The molecule has 1 saturated carbocycles. The molecule has 3 rings (SSSR count). The summed E-state index contributed by atoms with van der Waals surface area (Å²) in [5, 5.41) is 4.05. The highest BCUT2D eigenvalue weighted by Crippen LogP contribution is 2.33. The van der Waals surface area contributed by atoms with Gasteiger partial charge >= 0.3 is 0 Å². The zero-order valence-corrected chi connectivity index (χ0v) is 9.97. The average Bonchev–Trinajstić information content (AvgIpc) is 3.00. The van der Waals surface area contributed by atoms with E-state index in [-0.39, 0.29) is 6.10 Å². The molecule has 1 unspecified atom stereocenters. The molecule has 94 valence electrons. The molecule has 2 N–H and O–H groups in total. The van der Waals surface area contributed by atoms with E-state index in [4.69, 9.17) is 15.0 Å². The largest absolute Gasteiger partial charge is 0.370 e. The van der Waals surface area contributed by atoms with Crippen LogP contribution in [0.3, 0.4) is 0 Å². The highest BCUT2D eigenvalue weighted by atomic mass is 16.5. The second-order valence-electron chi connectivity index (χ2n) is 5.10. The van der Waals surface area contributed by atoms with E-state index in [0.717, 1.165) is 56.8 Å². The van der Waals surface area contributed by atoms with Crippen molar-refractivity contribution in [2.24, 2.45) is 5.73 Å². The summed E-state index contributed by atoms with van der Waals surface area (Å²) < 4.78 is 10.9. The molecule has 1 aliphatic heterocycles. The number of ether oxygens (including phenoxy) is 1. The Hall–Kier alpha value is -0.940. The molecule has 5 heteroatoms. The van der Waals surface area contributed by atoms with Crippen LogP contribution in [0.1, 0.15) is 62.3 Å². The van der Waals surface area contributed by atoms with Crippen LogP contribution in [0.4, 0.5) is 0 Å². The van der Waals surface area contributed by atoms with E-state index in [2.05, 4.69) is 10.1 Å². The number of aromatic nitrogens is 2. The van der Waals surface area contributed by atoms with Gasteiger partial charge in [-0.05, 0) is 38.5 Å². The van der Waals surface area contributed by atoms with E-state index in [0.29, 0.717) is 12.0 Å². The van der Waals surface area contributed by atoms with Crippen LogP contribution in [0.2, 0.25) is 0 Å². The fourth-order valence-electron chi connectivity index (χ4n) is 2.69. The normalized spacial score (nSPS) is 34.1. The first-order valence-electron chi connectivity index (χ1n) is 6.53. The van der Waals surface area contributed by atoms with Crippen LogP contribution < -0.4 is 5.73 Å². The molecule has 1 saturated heterocycles. The van der Waals surface area contributed by atoms with Crippen LogP contribution in [0, 0.1) is 0 Å². The van der Waals surface area contributed by atoms with Gasteiger partial charge in [-0.15, -0.1) is 0 Å². The number of nitrogens with two attached hydrogens (primary N) is 1. The van der Waals surface area contributed by atoms with E-state index in [1.165, 1.54) is 0 Å². The van der Waals surface area contributed by atoms with Crippen LogP contribution in [-0.2, 0) is 4.74 Å². The highest BCUT2D eigenvalue weighted by molar-refractivity contribution is 4.99. The smallest absolute Gasteiger partial charge is 0.229 e. The maximum atomic E-state index is 5.89. The van der Waals surface area contributed by atoms with Crippen molar-refractivity contribution in [3.63, 3.8) is 0 Å². The molecular formula is C12H19N3O2. The first-order chi connectivity index (χ1) is 8.33. The van der Waals surface area contributed by atoms with Crippen LogP contribution in [0.25, 0.3) is 0 Å². The molecule has 0 spiro atoms. The lowest BCUT2D eigenvalue weighted by atomic mass is 9.86. The summed E-state index contributed by atoms with van der Waals surface area (Å²) in [6.45, 7) is 0.812. The number of rotatable bonds is 2. The maximum Gasteiger partial charge on any atom is 0.229 e. The lowest BCUT2D eigenvalue weighted by Gasteiger charge is -2.22. The van der Waals surface area contributed by atoms with Crippen LogP contribution in [-0.4, -0.2) is 22.8 Å². The summed E-state index contributed by atoms with van der Waals surface area (Å²) in [6, 6.07) is 0.354. The summed E-state index contributed by atoms with van der Waals surface area (Å²) in [5.41, 5.74) is 5.89. The van der Waals surface area contributed by atoms with Crippen molar-refractivity contribution < 1.29 is 9.26 Å². The van der Waals surface area contributed by atoms with Gasteiger partial charge in [0, 0.05) is 18.6 Å². The van der Waals surface area contributed by atoms with Crippen LogP contribution in [0.5, 0.6) is 0 Å². The minimum absolute atomic E-state index is 0.0540. The van der Waals surface area contributed by atoms with Gasteiger partial charge in [0.2, 0.25) is 11.7 Å². The fraction of sp³-hybridized carbons (Fsp3) is 0.833. The lowest BCUT2D eigenvalue weighted by molar-refractivity contribution is 0.103. The molecular weight excluding hydrogens is 218 g/mol. The third-order valence-corrected chi connectivity index (χ3v) is 3.80. The Balaban J connectivity index is 1.67. The summed E-state index contributed by atoms with van der Waals surface area (Å²) >= 11 is 0. The van der Waals surface area contributed by atoms with Crippen molar-refractivity contribution in [1.82, 2.24) is 10.1 Å². The Morgan fingerprint density at radius 1 is 1.12 bits per heavy atom. The predicted octanol–water partition coefficient (Wildman–Crippen LogP) is 1.91. The standard InChI is InChI=1S/C12H19N3O2/c13-9-5-3-8(4-6-9)12-14-11(15-17-12)10-2-1-7-16-10/h8-10H,1-7,13H2. The van der Waals surface area contributed by atoms with Crippen molar-refractivity contribution >= 4 is 0 Å². The van der Waals surface area contributed by atoms with Crippen molar-refractivity contribution in [1.29, 1.82) is 0 Å². The Morgan fingerprint density at radius 3 is 2.65 bits per heavy atom. The van der Waals surface area contributed by atoms with Crippen molar-refractivity contribution in [3.05, 3.63) is 11.7 Å². The van der Waals surface area contributed by atoms with Crippen LogP contribution in [0.15, 0.2) is 4.52 Å². The SMILES string of the molecule is NC1CCC(c2nc(C3CCCO3)no2)CC1. The van der Waals surface area contributed by atoms with Gasteiger partial charge in [-0.25, -0.2) is 0 Å². The molecule has 2 fully saturated rings. The third-order valence-electron chi connectivity index (χ3n) is 3.80. The zero-order chi connectivity index (χ0) is 11.7. The molecule has 2 heterocycles. The fourth-order valence-corrected chi connectivity index (χ4v) is 2.69. The molecule has 1 aliphatic carbocycles. The van der Waals surface area contributed by atoms with E-state index in [1.54, 1.807) is 0 Å². The monoisotopic (exact) mass is 237 g/mol. The summed E-state index contributed by atoms with van der Waals surface area (Å²) in [4.78, 5) is 4.50. The minimum atomic E-state index is 0.0540. The molecule has 1 aromatic heterocycles. The number of hydrogen-bond acceptors (Lipinski definition) is 5. The zero-order valence-electron chi connectivity index (χ0n) is 9.97. The molecule has 0 amide bonds. The Morgan fingerprint density at radius 2 is 1.94 bits per heavy atom. The van der Waals surface area contributed by atoms with Gasteiger partial charge in [0.1, 0.15) is 6.10 Å². The molecule has 17 heavy (non-hydrogen) atoms. The first-order valence-corrected chi connectivity index (χ1v) is 6.53. The van der Waals surface area contributed by atoms with Gasteiger partial charge < -0.3 is 15.0 Å². The Labute approximate surface area is 101 Å². The molecule has 0 aromatic carbocycles. The van der Waals surface area contributed by atoms with Gasteiger partial charge in [0.15, 0.2) is 0 Å². The van der Waals surface area contributed by atoms with E-state index < -0.39 is 0 Å². The van der Waals surface area contributed by atoms with E-state index >= 15 is 0 Å². The molecule has 0 radical (unpaired) electrons. The molecule has 5 nitrogen and oxygen atoms in total. The van der Waals surface area contributed by atoms with Gasteiger partial charge in [-0.1, -0.05) is 5.16 Å². The van der Waals surface area contributed by atoms with Crippen molar-refractivity contribution in [2.75, 3.05) is 6.61 Å². The maximum absolute atomic E-state index is 5.89. The van der Waals surface area contributed by atoms with Gasteiger partial charge in [0.25, 0.3) is 0 Å². The van der Waals surface area contributed by atoms with Crippen LogP contribution >= 0.6 is 0 Å². The topological polar surface area (TPSA) is 74.2 Å². The minimum Gasteiger partial charge on any atom is -0.370 e. The molecule has 0 bridgehead atoms. The van der Waals surface area contributed by atoms with Crippen molar-refractivity contribution in [2.45, 2.75) is 56.6 Å². The lowest BCUT2D eigenvalue weighted by Crippen LogP contribution is -2.25. The Kier molecular flexibility index (Phi) is 3.11. The molecule has 1 aromatic rings. The van der Waals surface area contributed by atoms with E-state index in [9.17, 15) is 0 Å². The second kappa shape index (κ2) is 4.74. The van der Waals surface area contributed by atoms with E-state index in [1.807, 2.05) is 0 Å². The highest BCUT2D eigenvalue weighted by Gasteiger charge is 2.28. The van der Waals surface area contributed by atoms with Gasteiger partial charge in [0.05, 0.1) is 0 Å². The average molecular weight is 237 g/mol. The molecule has 2 aliphatic rings. The van der Waals surface area contributed by atoms with Gasteiger partial charge in [-0.2, -0.15) is 4.98 Å². The predicted molar refractivity (Wildman–Crippen MR) is 61.4 cm³/mol. The summed E-state index contributed by atoms with van der Waals surface area (Å²) in [6.07, 6.45) is 6.40. The first kappa shape index (κ1) is 11.2. The van der Waals surface area contributed by atoms with Gasteiger partial charge in [-0.3, -0.25) is 0 Å². The Bertz CT molecular complexity index is 366.